The Balaban J connectivity index is 1.19. The number of rotatable bonds is 6. The van der Waals surface area contributed by atoms with Gasteiger partial charge in [-0.15, -0.1) is 0 Å². The van der Waals surface area contributed by atoms with E-state index in [1.54, 1.807) is 0 Å². The molecule has 31 heavy (non-hydrogen) atoms. The number of carbonyl (C=O) groups is 1. The Hall–Kier alpha value is -3.18. The monoisotopic (exact) mass is 418 g/mol. The first kappa shape index (κ1) is 19.8. The zero-order chi connectivity index (χ0) is 21.6. The second kappa shape index (κ2) is 7.20. The van der Waals surface area contributed by atoms with Gasteiger partial charge in [0.15, 0.2) is 0 Å². The van der Waals surface area contributed by atoms with Crippen LogP contribution in [-0.2, 0) is 4.79 Å². The molecule has 0 radical (unpaired) electrons. The van der Waals surface area contributed by atoms with E-state index in [0.717, 1.165) is 36.9 Å². The van der Waals surface area contributed by atoms with Crippen molar-refractivity contribution in [1.29, 1.82) is 5.26 Å². The second-order valence-electron chi connectivity index (χ2n) is 9.51. The molecule has 1 aromatic heterocycles. The maximum atomic E-state index is 12.3. The molecule has 2 aliphatic carbocycles. The molecular weight excluding hydrogens is 392 g/mol. The van der Waals surface area contributed by atoms with Crippen molar-refractivity contribution in [1.82, 2.24) is 9.97 Å². The number of para-hydroxylation sites is 1. The summed E-state index contributed by atoms with van der Waals surface area (Å²) in [6, 6.07) is 10.1. The van der Waals surface area contributed by atoms with Gasteiger partial charge in [0, 0.05) is 18.3 Å². The fourth-order valence-electron chi connectivity index (χ4n) is 5.68. The predicted octanol–water partition coefficient (Wildman–Crippen LogP) is 2.99. The number of anilines is 3. The lowest BCUT2D eigenvalue weighted by atomic mass is 9.48. The molecule has 8 nitrogen and oxygen atoms in total. The van der Waals surface area contributed by atoms with Crippen LogP contribution >= 0.6 is 0 Å². The molecule has 160 valence electrons. The average molecular weight is 419 g/mol. The number of nitrogens with zero attached hydrogens (tertiary/aromatic N) is 3. The van der Waals surface area contributed by atoms with Crippen molar-refractivity contribution in [2.75, 3.05) is 22.5 Å². The number of carbonyl (C=O) groups excluding carboxylic acids is 1. The van der Waals surface area contributed by atoms with E-state index in [4.69, 9.17) is 0 Å². The number of amides is 1. The molecule has 2 heterocycles. The normalized spacial score (nSPS) is 30.5. The molecule has 1 spiro atoms. The summed E-state index contributed by atoms with van der Waals surface area (Å²) in [4.78, 5) is 21.0. The summed E-state index contributed by atoms with van der Waals surface area (Å²) in [5, 5.41) is 28.9. The molecule has 4 N–H and O–H groups in total. The molecule has 5 rings (SSSR count). The zero-order valence-electron chi connectivity index (χ0n) is 17.5. The Morgan fingerprint density at radius 2 is 2.10 bits per heavy atom. The summed E-state index contributed by atoms with van der Waals surface area (Å²) < 4.78 is 0. The van der Waals surface area contributed by atoms with Gasteiger partial charge < -0.3 is 21.1 Å². The Kier molecular flexibility index (Phi) is 4.59. The third-order valence-corrected chi connectivity index (χ3v) is 6.75. The minimum Gasteiger partial charge on any atom is -0.390 e. The van der Waals surface area contributed by atoms with Crippen molar-refractivity contribution < 1.29 is 9.90 Å². The summed E-state index contributed by atoms with van der Waals surface area (Å²) in [6.07, 6.45) is 5.81. The van der Waals surface area contributed by atoms with Gasteiger partial charge in [0.25, 0.3) is 0 Å². The number of benzene rings is 1. The Labute approximate surface area is 181 Å². The van der Waals surface area contributed by atoms with Crippen LogP contribution in [0, 0.1) is 16.7 Å². The van der Waals surface area contributed by atoms with Gasteiger partial charge in [-0.25, -0.2) is 4.98 Å². The van der Waals surface area contributed by atoms with Crippen molar-refractivity contribution in [2.24, 2.45) is 5.41 Å². The minimum absolute atomic E-state index is 0.0139. The molecule has 3 aliphatic rings. The first-order chi connectivity index (χ1) is 14.9. The van der Waals surface area contributed by atoms with Gasteiger partial charge in [-0.3, -0.25) is 4.79 Å². The molecule has 0 saturated heterocycles. The second-order valence-corrected chi connectivity index (χ2v) is 9.51. The minimum atomic E-state index is -0.522. The highest BCUT2D eigenvalue weighted by molar-refractivity contribution is 6.02. The van der Waals surface area contributed by atoms with Gasteiger partial charge in [-0.1, -0.05) is 18.2 Å². The molecular formula is C23H26N6O2. The van der Waals surface area contributed by atoms with Crippen molar-refractivity contribution in [3.05, 3.63) is 41.6 Å². The number of nitriles is 1. The number of hydrogen-bond acceptors (Lipinski definition) is 7. The first-order valence-electron chi connectivity index (χ1n) is 10.8. The van der Waals surface area contributed by atoms with E-state index in [1.807, 2.05) is 31.2 Å². The molecule has 0 bridgehead atoms. The van der Waals surface area contributed by atoms with Gasteiger partial charge in [-0.2, -0.15) is 10.2 Å². The number of aliphatic hydroxyl groups is 1. The average Bonchev–Trinajstić information content (AvgIpc) is 3.01. The van der Waals surface area contributed by atoms with Crippen LogP contribution < -0.4 is 16.0 Å². The van der Waals surface area contributed by atoms with Crippen LogP contribution in [0.1, 0.15) is 56.1 Å². The fourth-order valence-corrected chi connectivity index (χ4v) is 5.68. The van der Waals surface area contributed by atoms with Crippen LogP contribution in [0.2, 0.25) is 0 Å². The largest absolute Gasteiger partial charge is 0.390 e. The van der Waals surface area contributed by atoms with Gasteiger partial charge in [0.1, 0.15) is 17.5 Å². The summed E-state index contributed by atoms with van der Waals surface area (Å²) in [7, 11) is 0. The number of aromatic nitrogens is 2. The summed E-state index contributed by atoms with van der Waals surface area (Å²) >= 11 is 0. The lowest BCUT2D eigenvalue weighted by Crippen LogP contribution is -2.59. The van der Waals surface area contributed by atoms with Crippen LogP contribution in [-0.4, -0.2) is 39.2 Å². The molecule has 2 aromatic rings. The van der Waals surface area contributed by atoms with Crippen LogP contribution in [0.15, 0.2) is 30.5 Å². The maximum Gasteiger partial charge on any atom is 0.232 e. The van der Waals surface area contributed by atoms with E-state index < -0.39 is 5.60 Å². The molecule has 2 saturated carbocycles. The highest BCUT2D eigenvalue weighted by Crippen LogP contribution is 2.60. The van der Waals surface area contributed by atoms with E-state index in [1.165, 1.54) is 6.20 Å². The van der Waals surface area contributed by atoms with E-state index in [0.29, 0.717) is 30.3 Å². The molecule has 1 aliphatic heterocycles. The van der Waals surface area contributed by atoms with Gasteiger partial charge in [0.05, 0.1) is 17.7 Å². The van der Waals surface area contributed by atoms with Crippen molar-refractivity contribution in [3.8, 4) is 6.07 Å². The van der Waals surface area contributed by atoms with E-state index in [-0.39, 0.29) is 23.3 Å². The molecule has 1 amide bonds. The molecule has 1 unspecified atom stereocenters. The smallest absolute Gasteiger partial charge is 0.232 e. The van der Waals surface area contributed by atoms with E-state index in [2.05, 4.69) is 32.0 Å². The number of hydrogen-bond donors (Lipinski definition) is 4. The van der Waals surface area contributed by atoms with E-state index >= 15 is 0 Å². The number of nitrogens with one attached hydrogen (secondary N) is 3. The lowest BCUT2D eigenvalue weighted by molar-refractivity contribution is -0.154. The van der Waals surface area contributed by atoms with Crippen LogP contribution in [0.25, 0.3) is 0 Å². The van der Waals surface area contributed by atoms with Gasteiger partial charge in [0.2, 0.25) is 11.9 Å². The number of fused-ring (bicyclic) bond motifs is 1. The lowest BCUT2D eigenvalue weighted by Gasteiger charge is -2.60. The molecule has 8 heteroatoms. The molecule has 1 atom stereocenters. The van der Waals surface area contributed by atoms with Crippen LogP contribution in [0.4, 0.5) is 17.5 Å². The molecule has 1 aromatic carbocycles. The SMILES string of the molecule is C[C@]1(O)CC2(C[C@H](Nc3nc(NCCC4C(=O)Nc5ccccc54)ncc3C#N)C2)C1. The van der Waals surface area contributed by atoms with Crippen molar-refractivity contribution >= 4 is 23.4 Å². The Morgan fingerprint density at radius 3 is 2.84 bits per heavy atom. The Bertz CT molecular complexity index is 1060. The highest BCUT2D eigenvalue weighted by Gasteiger charge is 2.57. The Morgan fingerprint density at radius 1 is 1.32 bits per heavy atom. The third-order valence-electron chi connectivity index (χ3n) is 6.75. The van der Waals surface area contributed by atoms with Gasteiger partial charge >= 0.3 is 0 Å². The topological polar surface area (TPSA) is 123 Å². The van der Waals surface area contributed by atoms with Crippen LogP contribution in [0.5, 0.6) is 0 Å². The highest BCUT2D eigenvalue weighted by atomic mass is 16.3. The third kappa shape index (κ3) is 3.70. The standard InChI is InChI=1S/C23H26N6O2/c1-22(31)12-23(13-22)8-15(9-23)27-19-14(10-24)11-26-21(29-19)25-7-6-17-16-4-2-3-5-18(16)28-20(17)30/h2-5,11,15,17,31H,6-9,12-13H2,1H3,(H,28,30)(H2,25,26,27,29)/t15-,17?,22-,23?. The fraction of sp³-hybridized carbons (Fsp3) is 0.478. The summed E-state index contributed by atoms with van der Waals surface area (Å²) in [5.74, 6) is 0.800. The summed E-state index contributed by atoms with van der Waals surface area (Å²) in [6.45, 7) is 2.43. The zero-order valence-corrected chi connectivity index (χ0v) is 17.5. The predicted molar refractivity (Wildman–Crippen MR) is 117 cm³/mol. The van der Waals surface area contributed by atoms with Crippen LogP contribution in [0.3, 0.4) is 0 Å². The first-order valence-corrected chi connectivity index (χ1v) is 10.8. The van der Waals surface area contributed by atoms with E-state index in [9.17, 15) is 15.2 Å². The van der Waals surface area contributed by atoms with Crippen molar-refractivity contribution in [2.45, 2.75) is 56.6 Å². The van der Waals surface area contributed by atoms with Crippen molar-refractivity contribution in [3.63, 3.8) is 0 Å². The molecule has 2 fully saturated rings. The quantitative estimate of drug-likeness (QED) is 0.569. The van der Waals surface area contributed by atoms with Gasteiger partial charge in [-0.05, 0) is 56.1 Å². The summed E-state index contributed by atoms with van der Waals surface area (Å²) in [5.41, 5.74) is 2.04. The maximum absolute atomic E-state index is 12.3.